The largest absolute Gasteiger partial charge is 0.573 e. The third kappa shape index (κ3) is 5.89. The van der Waals surface area contributed by atoms with E-state index in [4.69, 9.17) is 0 Å². The second kappa shape index (κ2) is 9.94. The van der Waals surface area contributed by atoms with Crippen molar-refractivity contribution in [3.63, 3.8) is 0 Å². The van der Waals surface area contributed by atoms with Crippen LogP contribution in [0, 0.1) is 0 Å². The van der Waals surface area contributed by atoms with Gasteiger partial charge in [0.05, 0.1) is 23.3 Å². The summed E-state index contributed by atoms with van der Waals surface area (Å²) in [6.45, 7) is 1.07. The van der Waals surface area contributed by atoms with Crippen LogP contribution in [0.5, 0.6) is 5.75 Å². The fourth-order valence-corrected chi connectivity index (χ4v) is 3.99. The van der Waals surface area contributed by atoms with Gasteiger partial charge in [-0.2, -0.15) is 0 Å². The standard InChI is InChI=1S/C26H22F3N3O5/c1-25(14-33,10-18-13-31-21-5-3-2-4-19(18)21)32-23(34)20-9-15(6-7-22(20)37-26(27,28)29)16-8-17(24(35)36)12-30-11-16/h2-9,11-13,31,33H,10,14H2,1H3,(H,32,34)(H,35,36). The summed E-state index contributed by atoms with van der Waals surface area (Å²) >= 11 is 0. The van der Waals surface area contributed by atoms with Gasteiger partial charge in [-0.15, -0.1) is 13.2 Å². The molecule has 4 aromatic rings. The van der Waals surface area contributed by atoms with Crippen LogP contribution in [-0.2, 0) is 6.42 Å². The van der Waals surface area contributed by atoms with Crippen LogP contribution in [-0.4, -0.2) is 50.6 Å². The maximum atomic E-state index is 13.3. The minimum absolute atomic E-state index is 0.134. The number of nitrogens with zero attached hydrogens (tertiary/aromatic N) is 1. The molecule has 0 aliphatic heterocycles. The first-order valence-corrected chi connectivity index (χ1v) is 11.0. The van der Waals surface area contributed by atoms with E-state index < -0.39 is 41.7 Å². The Morgan fingerprint density at radius 1 is 1.08 bits per heavy atom. The van der Waals surface area contributed by atoms with Crippen molar-refractivity contribution in [1.82, 2.24) is 15.3 Å². The number of H-pyrrole nitrogens is 1. The number of halogens is 3. The van der Waals surface area contributed by atoms with Crippen molar-refractivity contribution in [2.24, 2.45) is 0 Å². The lowest BCUT2D eigenvalue weighted by atomic mass is 9.92. The highest BCUT2D eigenvalue weighted by Gasteiger charge is 2.34. The van der Waals surface area contributed by atoms with Gasteiger partial charge in [-0.3, -0.25) is 9.78 Å². The first-order chi connectivity index (χ1) is 17.5. The molecule has 2 heterocycles. The number of benzene rings is 2. The van der Waals surface area contributed by atoms with Gasteiger partial charge in [0.25, 0.3) is 5.91 Å². The first-order valence-electron chi connectivity index (χ1n) is 11.0. The minimum Gasteiger partial charge on any atom is -0.478 e. The quantitative estimate of drug-likeness (QED) is 0.274. The highest BCUT2D eigenvalue weighted by molar-refractivity contribution is 5.99. The predicted octanol–water partition coefficient (Wildman–Crippen LogP) is 4.55. The number of aliphatic hydroxyl groups excluding tert-OH is 1. The number of nitrogens with one attached hydrogen (secondary N) is 2. The molecular formula is C26H22F3N3O5. The van der Waals surface area contributed by atoms with E-state index >= 15 is 0 Å². The van der Waals surface area contributed by atoms with Crippen LogP contribution in [0.3, 0.4) is 0 Å². The zero-order valence-electron chi connectivity index (χ0n) is 19.5. The van der Waals surface area contributed by atoms with E-state index in [0.717, 1.165) is 34.8 Å². The number of fused-ring (bicyclic) bond motifs is 1. The van der Waals surface area contributed by atoms with Gasteiger partial charge in [0, 0.05) is 35.1 Å². The molecule has 2 aromatic carbocycles. The molecule has 2 aromatic heterocycles. The van der Waals surface area contributed by atoms with Crippen molar-refractivity contribution in [2.75, 3.05) is 6.61 Å². The molecule has 0 saturated heterocycles. The van der Waals surface area contributed by atoms with Crippen molar-refractivity contribution in [2.45, 2.75) is 25.2 Å². The monoisotopic (exact) mass is 513 g/mol. The third-order valence-electron chi connectivity index (χ3n) is 5.79. The summed E-state index contributed by atoms with van der Waals surface area (Å²) in [6, 6.07) is 12.1. The lowest BCUT2D eigenvalue weighted by Gasteiger charge is -2.29. The van der Waals surface area contributed by atoms with Crippen molar-refractivity contribution in [3.05, 3.63) is 83.8 Å². The lowest BCUT2D eigenvalue weighted by Crippen LogP contribution is -2.50. The summed E-state index contributed by atoms with van der Waals surface area (Å²) in [4.78, 5) is 31.5. The summed E-state index contributed by atoms with van der Waals surface area (Å²) in [6.07, 6.45) is -0.697. The lowest BCUT2D eigenvalue weighted by molar-refractivity contribution is -0.274. The second-order valence-corrected chi connectivity index (χ2v) is 8.74. The van der Waals surface area contributed by atoms with E-state index in [1.165, 1.54) is 18.3 Å². The van der Waals surface area contributed by atoms with Gasteiger partial charge in [0.15, 0.2) is 0 Å². The van der Waals surface area contributed by atoms with Crippen molar-refractivity contribution in [3.8, 4) is 16.9 Å². The molecule has 0 spiro atoms. The zero-order valence-corrected chi connectivity index (χ0v) is 19.5. The number of aromatic nitrogens is 2. The Morgan fingerprint density at radius 3 is 2.54 bits per heavy atom. The third-order valence-corrected chi connectivity index (χ3v) is 5.79. The van der Waals surface area contributed by atoms with E-state index in [0.29, 0.717) is 0 Å². The molecule has 0 aliphatic rings. The van der Waals surface area contributed by atoms with Crippen molar-refractivity contribution in [1.29, 1.82) is 0 Å². The molecule has 4 rings (SSSR count). The Hall–Kier alpha value is -4.38. The van der Waals surface area contributed by atoms with Gasteiger partial charge in [-0.05, 0) is 48.7 Å². The molecule has 8 nitrogen and oxygen atoms in total. The molecular weight excluding hydrogens is 491 g/mol. The number of para-hydroxylation sites is 1. The van der Waals surface area contributed by atoms with Gasteiger partial charge in [0.2, 0.25) is 0 Å². The molecule has 37 heavy (non-hydrogen) atoms. The number of alkyl halides is 3. The Labute approximate surface area is 208 Å². The molecule has 0 bridgehead atoms. The molecule has 1 unspecified atom stereocenters. The van der Waals surface area contributed by atoms with E-state index in [-0.39, 0.29) is 23.1 Å². The maximum absolute atomic E-state index is 13.3. The summed E-state index contributed by atoms with van der Waals surface area (Å²) in [5, 5.41) is 22.9. The van der Waals surface area contributed by atoms with Gasteiger partial charge in [0.1, 0.15) is 5.75 Å². The van der Waals surface area contributed by atoms with Crippen LogP contribution in [0.15, 0.2) is 67.1 Å². The number of ether oxygens (including phenoxy) is 1. The van der Waals surface area contributed by atoms with Crippen LogP contribution in [0.2, 0.25) is 0 Å². The number of aromatic carboxylic acids is 1. The van der Waals surface area contributed by atoms with E-state index in [1.54, 1.807) is 13.1 Å². The van der Waals surface area contributed by atoms with Crippen LogP contribution < -0.4 is 10.1 Å². The fraction of sp³-hybridized carbons (Fsp3) is 0.192. The van der Waals surface area contributed by atoms with Gasteiger partial charge >= 0.3 is 12.3 Å². The van der Waals surface area contributed by atoms with Crippen molar-refractivity contribution >= 4 is 22.8 Å². The minimum atomic E-state index is -5.06. The Morgan fingerprint density at radius 2 is 1.84 bits per heavy atom. The highest BCUT2D eigenvalue weighted by atomic mass is 19.4. The number of carboxylic acids is 1. The number of amides is 1. The fourth-order valence-electron chi connectivity index (χ4n) is 3.99. The van der Waals surface area contributed by atoms with E-state index in [2.05, 4.69) is 20.0 Å². The van der Waals surface area contributed by atoms with E-state index in [1.807, 2.05) is 24.3 Å². The first kappa shape index (κ1) is 25.7. The molecule has 0 aliphatic carbocycles. The number of pyridine rings is 1. The highest BCUT2D eigenvalue weighted by Crippen LogP contribution is 2.32. The average Bonchev–Trinajstić information content (AvgIpc) is 3.25. The number of aliphatic hydroxyl groups is 1. The molecule has 0 radical (unpaired) electrons. The zero-order chi connectivity index (χ0) is 26.8. The molecule has 192 valence electrons. The smallest absolute Gasteiger partial charge is 0.478 e. The van der Waals surface area contributed by atoms with Crippen molar-refractivity contribution < 1.29 is 37.7 Å². The Kier molecular flexibility index (Phi) is 6.90. The molecule has 0 fully saturated rings. The molecule has 11 heteroatoms. The van der Waals surface area contributed by atoms with Gasteiger partial charge in [-0.25, -0.2) is 4.79 Å². The van der Waals surface area contributed by atoms with Gasteiger partial charge < -0.3 is 25.3 Å². The number of hydrogen-bond donors (Lipinski definition) is 4. The SMILES string of the molecule is CC(CO)(Cc1c[nH]c2ccccc12)NC(=O)c1cc(-c2cncc(C(=O)O)c2)ccc1OC(F)(F)F. The summed E-state index contributed by atoms with van der Waals surface area (Å²) in [7, 11) is 0. The number of aromatic amines is 1. The number of carbonyl (C=O) groups excluding carboxylic acids is 1. The second-order valence-electron chi connectivity index (χ2n) is 8.74. The maximum Gasteiger partial charge on any atom is 0.573 e. The predicted molar refractivity (Wildman–Crippen MR) is 128 cm³/mol. The normalized spacial score (nSPS) is 13.2. The van der Waals surface area contributed by atoms with Crippen LogP contribution in [0.4, 0.5) is 13.2 Å². The molecule has 1 amide bonds. The Balaban J connectivity index is 1.69. The molecule has 1 atom stereocenters. The number of carbonyl (C=O) groups is 2. The number of carboxylic acid groups (broad SMARTS) is 1. The topological polar surface area (TPSA) is 125 Å². The van der Waals surface area contributed by atoms with Crippen LogP contribution in [0.25, 0.3) is 22.0 Å². The van der Waals surface area contributed by atoms with Crippen LogP contribution in [0.1, 0.15) is 33.2 Å². The summed E-state index contributed by atoms with van der Waals surface area (Å²) < 4.78 is 43.3. The summed E-state index contributed by atoms with van der Waals surface area (Å²) in [5.41, 5.74) is 0.353. The van der Waals surface area contributed by atoms with Crippen LogP contribution >= 0.6 is 0 Å². The molecule has 0 saturated carbocycles. The van der Waals surface area contributed by atoms with Gasteiger partial charge in [-0.1, -0.05) is 24.3 Å². The summed E-state index contributed by atoms with van der Waals surface area (Å²) in [5.74, 6) is -2.90. The number of hydrogen-bond acceptors (Lipinski definition) is 5. The Bertz CT molecular complexity index is 1470. The van der Waals surface area contributed by atoms with E-state index in [9.17, 15) is 33.0 Å². The molecule has 4 N–H and O–H groups in total. The average molecular weight is 513 g/mol. The number of rotatable bonds is 8.